The second-order valence-electron chi connectivity index (χ2n) is 5.52. The Hall–Kier alpha value is -2.66. The van der Waals surface area contributed by atoms with Gasteiger partial charge in [-0.05, 0) is 36.6 Å². The van der Waals surface area contributed by atoms with Gasteiger partial charge in [0.15, 0.2) is 0 Å². The Morgan fingerprint density at radius 3 is 2.39 bits per heavy atom. The van der Waals surface area contributed by atoms with Crippen molar-refractivity contribution in [3.63, 3.8) is 0 Å². The molecule has 0 fully saturated rings. The number of aryl methyl sites for hydroxylation is 1. The van der Waals surface area contributed by atoms with Crippen LogP contribution in [0.5, 0.6) is 0 Å². The average Bonchev–Trinajstić information content (AvgIpc) is 2.53. The third-order valence-corrected chi connectivity index (χ3v) is 3.53. The van der Waals surface area contributed by atoms with Crippen LogP contribution < -0.4 is 11.1 Å². The van der Waals surface area contributed by atoms with Crippen LogP contribution in [0.3, 0.4) is 0 Å². The molecular weight excluding hydrogens is 292 g/mol. The summed E-state index contributed by atoms with van der Waals surface area (Å²) in [5.74, 6) is -1.13. The summed E-state index contributed by atoms with van der Waals surface area (Å²) in [6, 6.07) is 13.9. The minimum atomic E-state index is -1.01. The molecule has 0 heterocycles. The summed E-state index contributed by atoms with van der Waals surface area (Å²) in [5.41, 5.74) is 8.98. The van der Waals surface area contributed by atoms with Gasteiger partial charge in [-0.15, -0.1) is 0 Å². The summed E-state index contributed by atoms with van der Waals surface area (Å²) < 4.78 is 0. The zero-order chi connectivity index (χ0) is 16.8. The molecule has 0 bridgehead atoms. The van der Waals surface area contributed by atoms with Crippen LogP contribution in [-0.4, -0.2) is 23.0 Å². The predicted molar refractivity (Wildman–Crippen MR) is 88.1 cm³/mol. The van der Waals surface area contributed by atoms with Crippen molar-refractivity contribution >= 4 is 11.9 Å². The van der Waals surface area contributed by atoms with Crippen LogP contribution >= 0.6 is 0 Å². The van der Waals surface area contributed by atoms with Crippen molar-refractivity contribution in [1.29, 1.82) is 0 Å². The molecule has 0 radical (unpaired) electrons. The monoisotopic (exact) mass is 312 g/mol. The molecule has 1 amide bonds. The number of carbonyl (C=O) groups is 2. The molecule has 0 aliphatic rings. The van der Waals surface area contributed by atoms with E-state index in [1.807, 2.05) is 49.4 Å². The fraction of sp³-hybridized carbons (Fsp3) is 0.222. The van der Waals surface area contributed by atoms with Crippen molar-refractivity contribution in [2.45, 2.75) is 25.9 Å². The van der Waals surface area contributed by atoms with Crippen LogP contribution in [0.25, 0.3) is 0 Å². The number of hydrogen-bond acceptors (Lipinski definition) is 3. The van der Waals surface area contributed by atoms with Crippen LogP contribution in [0.4, 0.5) is 0 Å². The minimum absolute atomic E-state index is 0.120. The highest BCUT2D eigenvalue weighted by Gasteiger charge is 2.12. The second kappa shape index (κ2) is 7.56. The summed E-state index contributed by atoms with van der Waals surface area (Å²) in [4.78, 5) is 22.8. The Labute approximate surface area is 135 Å². The van der Waals surface area contributed by atoms with Crippen molar-refractivity contribution in [1.82, 2.24) is 5.32 Å². The van der Waals surface area contributed by atoms with E-state index >= 15 is 0 Å². The summed E-state index contributed by atoms with van der Waals surface area (Å²) in [5, 5.41) is 11.7. The van der Waals surface area contributed by atoms with Crippen LogP contribution in [0.2, 0.25) is 0 Å². The van der Waals surface area contributed by atoms with Crippen molar-refractivity contribution < 1.29 is 14.7 Å². The summed E-state index contributed by atoms with van der Waals surface area (Å²) >= 11 is 0. The Bertz CT molecular complexity index is 696. The van der Waals surface area contributed by atoms with E-state index in [9.17, 15) is 9.59 Å². The van der Waals surface area contributed by atoms with Crippen molar-refractivity contribution in [2.75, 3.05) is 0 Å². The highest BCUT2D eigenvalue weighted by Crippen LogP contribution is 2.08. The number of hydrogen-bond donors (Lipinski definition) is 3. The molecule has 1 atom stereocenters. The molecule has 0 spiro atoms. The van der Waals surface area contributed by atoms with Crippen LogP contribution in [0, 0.1) is 6.92 Å². The molecule has 4 N–H and O–H groups in total. The number of nitrogens with one attached hydrogen (secondary N) is 1. The van der Waals surface area contributed by atoms with Crippen molar-refractivity contribution in [3.05, 3.63) is 70.8 Å². The number of carboxylic acid groups (broad SMARTS) is 1. The van der Waals surface area contributed by atoms with E-state index in [0.29, 0.717) is 12.1 Å². The number of benzene rings is 2. The van der Waals surface area contributed by atoms with Gasteiger partial charge >= 0.3 is 5.97 Å². The molecule has 0 saturated carbocycles. The van der Waals surface area contributed by atoms with Gasteiger partial charge in [-0.25, -0.2) is 0 Å². The third kappa shape index (κ3) is 4.93. The first-order valence-electron chi connectivity index (χ1n) is 7.37. The Kier molecular flexibility index (Phi) is 5.49. The molecule has 5 heteroatoms. The van der Waals surface area contributed by atoms with Gasteiger partial charge in [0.05, 0.1) is 0 Å². The fourth-order valence-electron chi connectivity index (χ4n) is 2.21. The van der Waals surface area contributed by atoms with Gasteiger partial charge < -0.3 is 16.2 Å². The van der Waals surface area contributed by atoms with Gasteiger partial charge in [-0.3, -0.25) is 9.59 Å². The van der Waals surface area contributed by atoms with E-state index < -0.39 is 12.0 Å². The second-order valence-corrected chi connectivity index (χ2v) is 5.52. The van der Waals surface area contributed by atoms with Gasteiger partial charge in [0, 0.05) is 12.1 Å². The zero-order valence-corrected chi connectivity index (χ0v) is 13.0. The topological polar surface area (TPSA) is 92.4 Å². The first-order valence-corrected chi connectivity index (χ1v) is 7.37. The summed E-state index contributed by atoms with van der Waals surface area (Å²) in [6.45, 7) is 2.36. The van der Waals surface area contributed by atoms with Crippen LogP contribution in [0.15, 0.2) is 48.5 Å². The molecule has 0 aliphatic heterocycles. The molecule has 1 unspecified atom stereocenters. The summed E-state index contributed by atoms with van der Waals surface area (Å²) in [6.07, 6.45) is 0.283. The fourth-order valence-corrected chi connectivity index (χ4v) is 2.21. The molecule has 2 rings (SSSR count). The first kappa shape index (κ1) is 16.7. The molecule has 5 nitrogen and oxygen atoms in total. The first-order chi connectivity index (χ1) is 11.0. The number of nitrogens with two attached hydrogens (primary N) is 1. The normalized spacial score (nSPS) is 11.7. The smallest absolute Gasteiger partial charge is 0.320 e. The van der Waals surface area contributed by atoms with Gasteiger partial charge in [-0.1, -0.05) is 42.0 Å². The van der Waals surface area contributed by atoms with Crippen molar-refractivity contribution in [3.8, 4) is 0 Å². The average molecular weight is 312 g/mol. The molecule has 2 aromatic rings. The number of rotatable bonds is 6. The molecule has 0 aliphatic carbocycles. The number of carboxylic acids is 1. The lowest BCUT2D eigenvalue weighted by atomic mass is 10.0. The van der Waals surface area contributed by atoms with Gasteiger partial charge in [0.25, 0.3) is 5.91 Å². The highest BCUT2D eigenvalue weighted by atomic mass is 16.4. The molecule has 23 heavy (non-hydrogen) atoms. The van der Waals surface area contributed by atoms with E-state index in [-0.39, 0.29) is 12.3 Å². The largest absolute Gasteiger partial charge is 0.480 e. The third-order valence-electron chi connectivity index (χ3n) is 3.53. The zero-order valence-electron chi connectivity index (χ0n) is 13.0. The predicted octanol–water partition coefficient (Wildman–Crippen LogP) is 1.88. The maximum atomic E-state index is 12.1. The van der Waals surface area contributed by atoms with Gasteiger partial charge in [0.1, 0.15) is 6.04 Å². The molecule has 0 aromatic heterocycles. The van der Waals surface area contributed by atoms with Crippen LogP contribution in [0.1, 0.15) is 27.0 Å². The maximum absolute atomic E-state index is 12.1. The van der Waals surface area contributed by atoms with E-state index in [2.05, 4.69) is 5.32 Å². The quantitative estimate of drug-likeness (QED) is 0.759. The minimum Gasteiger partial charge on any atom is -0.480 e. The lowest BCUT2D eigenvalue weighted by molar-refractivity contribution is -0.138. The van der Waals surface area contributed by atoms with E-state index in [1.54, 1.807) is 6.07 Å². The van der Waals surface area contributed by atoms with E-state index in [4.69, 9.17) is 10.8 Å². The molecular formula is C18H20N2O3. The number of carbonyl (C=O) groups excluding carboxylic acids is 1. The lowest BCUT2D eigenvalue weighted by Crippen LogP contribution is -2.32. The maximum Gasteiger partial charge on any atom is 0.320 e. The van der Waals surface area contributed by atoms with E-state index in [1.165, 1.54) is 0 Å². The number of amides is 1. The van der Waals surface area contributed by atoms with Gasteiger partial charge in [-0.2, -0.15) is 0 Å². The Morgan fingerprint density at radius 1 is 1.13 bits per heavy atom. The number of aliphatic carboxylic acids is 1. The SMILES string of the molecule is Cc1cccc(C(=O)NCc2ccc(CC(N)C(=O)O)cc2)c1. The standard InChI is InChI=1S/C18H20N2O3/c1-12-3-2-4-15(9-12)17(21)20-11-14-7-5-13(6-8-14)10-16(19)18(22)23/h2-9,16H,10-11,19H2,1H3,(H,20,21)(H,22,23). The van der Waals surface area contributed by atoms with Crippen molar-refractivity contribution in [2.24, 2.45) is 5.73 Å². The molecule has 120 valence electrons. The van der Waals surface area contributed by atoms with Gasteiger partial charge in [0.2, 0.25) is 0 Å². The molecule has 0 saturated heterocycles. The molecule has 2 aromatic carbocycles. The summed E-state index contributed by atoms with van der Waals surface area (Å²) in [7, 11) is 0. The lowest BCUT2D eigenvalue weighted by Gasteiger charge is -2.09. The van der Waals surface area contributed by atoms with E-state index in [0.717, 1.165) is 16.7 Å². The Balaban J connectivity index is 1.91. The van der Waals surface area contributed by atoms with Crippen LogP contribution in [-0.2, 0) is 17.8 Å². The Morgan fingerprint density at radius 2 is 1.78 bits per heavy atom. The highest BCUT2D eigenvalue weighted by molar-refractivity contribution is 5.94.